The highest BCUT2D eigenvalue weighted by molar-refractivity contribution is 6.00. The van der Waals surface area contributed by atoms with Gasteiger partial charge in [-0.25, -0.2) is 4.79 Å². The minimum Gasteiger partial charge on any atom is -0.444 e. The first kappa shape index (κ1) is 20.6. The molecule has 0 saturated carbocycles. The first-order valence-electron chi connectivity index (χ1n) is 11.2. The molecule has 2 aromatic heterocycles. The molecule has 3 heterocycles. The number of amides is 2. The van der Waals surface area contributed by atoms with Gasteiger partial charge in [0.25, 0.3) is 5.91 Å². The number of carbonyl (C=O) groups excluding carboxylic acids is 2. The van der Waals surface area contributed by atoms with Gasteiger partial charge in [-0.1, -0.05) is 0 Å². The molecule has 2 N–H and O–H groups in total. The summed E-state index contributed by atoms with van der Waals surface area (Å²) in [7, 11) is 0. The second-order valence-corrected chi connectivity index (χ2v) is 9.62. The summed E-state index contributed by atoms with van der Waals surface area (Å²) in [6.07, 6.45) is 4.60. The number of benzene rings is 1. The summed E-state index contributed by atoms with van der Waals surface area (Å²) < 4.78 is 5.45. The minimum atomic E-state index is -0.523. The lowest BCUT2D eigenvalue weighted by Gasteiger charge is -2.35. The number of rotatable bonds is 1. The topological polar surface area (TPSA) is 94.3 Å². The van der Waals surface area contributed by atoms with E-state index in [9.17, 15) is 9.59 Å². The van der Waals surface area contributed by atoms with Crippen LogP contribution in [0.4, 0.5) is 4.79 Å². The largest absolute Gasteiger partial charge is 0.444 e. The fraction of sp³-hybridized carbons (Fsp3) is 0.458. The van der Waals surface area contributed by atoms with Crippen molar-refractivity contribution in [1.29, 1.82) is 0 Å². The van der Waals surface area contributed by atoms with Crippen LogP contribution in [0.25, 0.3) is 22.3 Å². The van der Waals surface area contributed by atoms with E-state index in [-0.39, 0.29) is 12.0 Å². The van der Waals surface area contributed by atoms with Crippen molar-refractivity contribution < 1.29 is 14.3 Å². The summed E-state index contributed by atoms with van der Waals surface area (Å²) in [5, 5.41) is 8.45. The van der Waals surface area contributed by atoms with Gasteiger partial charge in [-0.15, -0.1) is 0 Å². The highest BCUT2D eigenvalue weighted by atomic mass is 16.6. The molecule has 3 aromatic rings. The Kier molecular flexibility index (Phi) is 4.95. The van der Waals surface area contributed by atoms with Gasteiger partial charge in [0.05, 0.1) is 17.6 Å². The van der Waals surface area contributed by atoms with Crippen LogP contribution in [0, 0.1) is 0 Å². The third-order valence-corrected chi connectivity index (χ3v) is 6.21. The van der Waals surface area contributed by atoms with Crippen LogP contribution in [0.15, 0.2) is 24.4 Å². The van der Waals surface area contributed by atoms with Gasteiger partial charge in [0, 0.05) is 42.6 Å². The van der Waals surface area contributed by atoms with Crippen molar-refractivity contribution in [1.82, 2.24) is 25.0 Å². The van der Waals surface area contributed by atoms with E-state index >= 15 is 0 Å². The normalized spacial score (nSPS) is 16.5. The standard InChI is InChI=1S/C24H29N5O3/c1-24(2,3)32-23(31)29-11-9-28(10-12-29)22(30)15-7-8-19-18(13-15)17-6-4-5-16-14-25-27-20(16)21(17)26-19/h7-8,13-14,26H,4-6,9-12H2,1-3H3,(H,25,27). The monoisotopic (exact) mass is 435 g/mol. The second kappa shape index (κ2) is 7.69. The maximum atomic E-state index is 13.2. The van der Waals surface area contributed by atoms with Crippen LogP contribution in [0.3, 0.4) is 0 Å². The number of nitrogens with one attached hydrogen (secondary N) is 2. The molecule has 8 heteroatoms. The van der Waals surface area contributed by atoms with Crippen molar-refractivity contribution in [3.63, 3.8) is 0 Å². The van der Waals surface area contributed by atoms with Crippen LogP contribution in [-0.2, 0) is 17.6 Å². The first-order valence-corrected chi connectivity index (χ1v) is 11.2. The van der Waals surface area contributed by atoms with Crippen LogP contribution < -0.4 is 0 Å². The SMILES string of the molecule is CC(C)(C)OC(=O)N1CCN(C(=O)c2ccc3[nH]c4c(c3c2)CCCc2cn[nH]c2-4)CC1. The lowest BCUT2D eigenvalue weighted by atomic mass is 10.0. The molecule has 32 heavy (non-hydrogen) atoms. The Balaban J connectivity index is 1.34. The molecule has 1 saturated heterocycles. The minimum absolute atomic E-state index is 0.00143. The maximum Gasteiger partial charge on any atom is 0.410 e. The molecule has 1 aliphatic carbocycles. The number of H-pyrrole nitrogens is 2. The predicted molar refractivity (Wildman–Crippen MR) is 122 cm³/mol. The van der Waals surface area contributed by atoms with Crippen molar-refractivity contribution in [2.75, 3.05) is 26.2 Å². The molecule has 0 bridgehead atoms. The van der Waals surface area contributed by atoms with E-state index in [0.29, 0.717) is 31.7 Å². The molecule has 2 amide bonds. The molecule has 1 aromatic carbocycles. The molecule has 5 rings (SSSR count). The molecule has 0 unspecified atom stereocenters. The summed E-state index contributed by atoms with van der Waals surface area (Å²) in [6, 6.07) is 5.88. The molecule has 8 nitrogen and oxygen atoms in total. The van der Waals surface area contributed by atoms with Crippen LogP contribution in [0.5, 0.6) is 0 Å². The summed E-state index contributed by atoms with van der Waals surface area (Å²) in [5.74, 6) is 0.00143. The Bertz CT molecular complexity index is 1180. The zero-order chi connectivity index (χ0) is 22.5. The number of hydrogen-bond donors (Lipinski definition) is 2. The van der Waals surface area contributed by atoms with E-state index in [1.165, 1.54) is 11.1 Å². The van der Waals surface area contributed by atoms with Gasteiger partial charge in [0.15, 0.2) is 0 Å². The number of aromatic amines is 2. The quantitative estimate of drug-likeness (QED) is 0.609. The van der Waals surface area contributed by atoms with Gasteiger partial charge in [-0.2, -0.15) is 5.10 Å². The average Bonchev–Trinajstić information content (AvgIpc) is 3.32. The number of fused-ring (bicyclic) bond motifs is 5. The van der Waals surface area contributed by atoms with Crippen molar-refractivity contribution in [2.45, 2.75) is 45.6 Å². The van der Waals surface area contributed by atoms with Gasteiger partial charge >= 0.3 is 6.09 Å². The zero-order valence-electron chi connectivity index (χ0n) is 18.8. The Morgan fingerprint density at radius 2 is 1.78 bits per heavy atom. The van der Waals surface area contributed by atoms with Crippen molar-refractivity contribution in [3.8, 4) is 11.4 Å². The molecular weight excluding hydrogens is 406 g/mol. The third-order valence-electron chi connectivity index (χ3n) is 6.21. The third kappa shape index (κ3) is 3.74. The first-order chi connectivity index (χ1) is 15.3. The number of hydrogen-bond acceptors (Lipinski definition) is 4. The van der Waals surface area contributed by atoms with E-state index in [4.69, 9.17) is 4.74 Å². The van der Waals surface area contributed by atoms with E-state index in [0.717, 1.165) is 41.6 Å². The Morgan fingerprint density at radius 1 is 1.03 bits per heavy atom. The molecule has 168 valence electrons. The Labute approximate surface area is 186 Å². The van der Waals surface area contributed by atoms with Gasteiger partial charge in [0.1, 0.15) is 5.60 Å². The van der Waals surface area contributed by atoms with E-state index in [1.807, 2.05) is 50.1 Å². The average molecular weight is 436 g/mol. The fourth-order valence-corrected chi connectivity index (χ4v) is 4.63. The van der Waals surface area contributed by atoms with E-state index in [1.54, 1.807) is 4.90 Å². The molecule has 1 fully saturated rings. The molecular formula is C24H29N5O3. The van der Waals surface area contributed by atoms with E-state index < -0.39 is 5.60 Å². The summed E-state index contributed by atoms with van der Waals surface area (Å²) in [5.41, 5.74) is 5.80. The summed E-state index contributed by atoms with van der Waals surface area (Å²) >= 11 is 0. The van der Waals surface area contributed by atoms with Crippen LogP contribution in [0.1, 0.15) is 48.7 Å². The van der Waals surface area contributed by atoms with Gasteiger partial charge in [-0.05, 0) is 69.4 Å². The van der Waals surface area contributed by atoms with Crippen molar-refractivity contribution in [2.24, 2.45) is 0 Å². The number of nitrogens with zero attached hydrogens (tertiary/aromatic N) is 3. The summed E-state index contributed by atoms with van der Waals surface area (Å²) in [6.45, 7) is 7.52. The second-order valence-electron chi connectivity index (χ2n) is 9.62. The fourth-order valence-electron chi connectivity index (χ4n) is 4.63. The number of aromatic nitrogens is 3. The lowest BCUT2D eigenvalue weighted by molar-refractivity contribution is 0.0141. The molecule has 0 spiro atoms. The summed E-state index contributed by atoms with van der Waals surface area (Å²) in [4.78, 5) is 32.5. The van der Waals surface area contributed by atoms with Crippen LogP contribution in [0.2, 0.25) is 0 Å². The number of aryl methyl sites for hydroxylation is 2. The lowest BCUT2D eigenvalue weighted by Crippen LogP contribution is -2.51. The van der Waals surface area contributed by atoms with Crippen molar-refractivity contribution in [3.05, 3.63) is 41.1 Å². The predicted octanol–water partition coefficient (Wildman–Crippen LogP) is 3.74. The van der Waals surface area contributed by atoms with Crippen molar-refractivity contribution >= 4 is 22.9 Å². The van der Waals surface area contributed by atoms with Gasteiger partial charge in [0.2, 0.25) is 0 Å². The number of piperazine rings is 1. The highest BCUT2D eigenvalue weighted by Crippen LogP contribution is 2.35. The smallest absolute Gasteiger partial charge is 0.410 e. The van der Waals surface area contributed by atoms with Gasteiger partial charge in [-0.3, -0.25) is 9.89 Å². The highest BCUT2D eigenvalue weighted by Gasteiger charge is 2.28. The van der Waals surface area contributed by atoms with Crippen LogP contribution >= 0.6 is 0 Å². The van der Waals surface area contributed by atoms with Crippen LogP contribution in [-0.4, -0.2) is 68.8 Å². The van der Waals surface area contributed by atoms with E-state index in [2.05, 4.69) is 15.2 Å². The number of carbonyl (C=O) groups is 2. The number of ether oxygens (including phenoxy) is 1. The molecule has 0 atom stereocenters. The maximum absolute atomic E-state index is 13.2. The Morgan fingerprint density at radius 3 is 2.53 bits per heavy atom. The molecule has 1 aliphatic heterocycles. The zero-order valence-corrected chi connectivity index (χ0v) is 18.8. The molecule has 2 aliphatic rings. The molecule has 0 radical (unpaired) electrons. The van der Waals surface area contributed by atoms with Gasteiger partial charge < -0.3 is 19.5 Å². The Hall–Kier alpha value is -3.29.